The van der Waals surface area contributed by atoms with Gasteiger partial charge in [0.05, 0.1) is 6.10 Å². The number of nitrogens with two attached hydrogens (primary N) is 1. The van der Waals surface area contributed by atoms with Crippen molar-refractivity contribution in [2.24, 2.45) is 5.73 Å². The van der Waals surface area contributed by atoms with E-state index in [0.29, 0.717) is 6.54 Å². The Balaban J connectivity index is 2.24. The van der Waals surface area contributed by atoms with E-state index in [0.717, 1.165) is 30.2 Å². The lowest BCUT2D eigenvalue weighted by molar-refractivity contribution is 0.0974. The summed E-state index contributed by atoms with van der Waals surface area (Å²) < 4.78 is 1.10. The van der Waals surface area contributed by atoms with Crippen LogP contribution in [0.4, 0.5) is 0 Å². The highest BCUT2D eigenvalue weighted by Gasteiger charge is 2.34. The SMILES string of the molecule is NCC1(c2ccc(Br)cc2)CCC(O)CC1. The van der Waals surface area contributed by atoms with Crippen molar-refractivity contribution < 1.29 is 5.11 Å². The Bertz CT molecular complexity index is 341. The zero-order valence-corrected chi connectivity index (χ0v) is 10.9. The van der Waals surface area contributed by atoms with Crippen molar-refractivity contribution in [3.05, 3.63) is 34.3 Å². The quantitative estimate of drug-likeness (QED) is 0.876. The fraction of sp³-hybridized carbons (Fsp3) is 0.538. The van der Waals surface area contributed by atoms with Crippen LogP contribution in [0, 0.1) is 0 Å². The van der Waals surface area contributed by atoms with E-state index in [1.807, 2.05) is 0 Å². The van der Waals surface area contributed by atoms with Gasteiger partial charge in [-0.25, -0.2) is 0 Å². The predicted octanol–water partition coefficient (Wildman–Crippen LogP) is 2.58. The number of hydrogen-bond donors (Lipinski definition) is 2. The van der Waals surface area contributed by atoms with E-state index in [2.05, 4.69) is 40.2 Å². The minimum atomic E-state index is -0.130. The standard InChI is InChI=1S/C13H18BrNO/c14-11-3-1-10(2-4-11)13(9-15)7-5-12(16)6-8-13/h1-4,12,16H,5-9,15H2. The molecule has 2 rings (SSSR count). The van der Waals surface area contributed by atoms with Crippen LogP contribution in [0.3, 0.4) is 0 Å². The van der Waals surface area contributed by atoms with Crippen LogP contribution in [0.25, 0.3) is 0 Å². The van der Waals surface area contributed by atoms with Crippen LogP contribution in [-0.4, -0.2) is 17.8 Å². The summed E-state index contributed by atoms with van der Waals surface area (Å²) in [7, 11) is 0. The second kappa shape index (κ2) is 4.86. The van der Waals surface area contributed by atoms with Gasteiger partial charge in [0, 0.05) is 16.4 Å². The number of hydrogen-bond acceptors (Lipinski definition) is 2. The number of benzene rings is 1. The zero-order chi connectivity index (χ0) is 11.6. The fourth-order valence-corrected chi connectivity index (χ4v) is 2.83. The first-order valence-corrected chi connectivity index (χ1v) is 6.60. The van der Waals surface area contributed by atoms with Gasteiger partial charge in [-0.3, -0.25) is 0 Å². The predicted molar refractivity (Wildman–Crippen MR) is 69.3 cm³/mol. The summed E-state index contributed by atoms with van der Waals surface area (Å²) in [6.07, 6.45) is 3.59. The highest BCUT2D eigenvalue weighted by molar-refractivity contribution is 9.10. The van der Waals surface area contributed by atoms with E-state index in [1.165, 1.54) is 5.56 Å². The molecule has 0 spiro atoms. The molecule has 1 aromatic carbocycles. The Morgan fingerprint density at radius 3 is 2.31 bits per heavy atom. The molecule has 1 aliphatic carbocycles. The Kier molecular flexibility index (Phi) is 3.67. The van der Waals surface area contributed by atoms with Crippen molar-refractivity contribution in [1.82, 2.24) is 0 Å². The van der Waals surface area contributed by atoms with Gasteiger partial charge in [0.15, 0.2) is 0 Å². The van der Waals surface area contributed by atoms with E-state index in [4.69, 9.17) is 5.73 Å². The maximum absolute atomic E-state index is 9.58. The average molecular weight is 284 g/mol. The first-order valence-electron chi connectivity index (χ1n) is 5.80. The van der Waals surface area contributed by atoms with Crippen molar-refractivity contribution in [3.8, 4) is 0 Å². The van der Waals surface area contributed by atoms with E-state index in [-0.39, 0.29) is 11.5 Å². The molecule has 1 fully saturated rings. The van der Waals surface area contributed by atoms with Crippen LogP contribution in [0.2, 0.25) is 0 Å². The second-order valence-electron chi connectivity index (χ2n) is 4.72. The molecule has 2 nitrogen and oxygen atoms in total. The summed E-state index contributed by atoms with van der Waals surface area (Å²) in [6.45, 7) is 0.668. The van der Waals surface area contributed by atoms with Crippen LogP contribution in [-0.2, 0) is 5.41 Å². The van der Waals surface area contributed by atoms with Crippen molar-refractivity contribution in [2.75, 3.05) is 6.54 Å². The molecule has 0 atom stereocenters. The maximum Gasteiger partial charge on any atom is 0.0541 e. The van der Waals surface area contributed by atoms with Gasteiger partial charge >= 0.3 is 0 Å². The van der Waals surface area contributed by atoms with E-state index in [1.54, 1.807) is 0 Å². The van der Waals surface area contributed by atoms with Crippen LogP contribution in [0.1, 0.15) is 31.2 Å². The number of aliphatic hydroxyl groups excluding tert-OH is 1. The monoisotopic (exact) mass is 283 g/mol. The Labute approximate surface area is 105 Å². The van der Waals surface area contributed by atoms with Crippen molar-refractivity contribution in [1.29, 1.82) is 0 Å². The third-order valence-electron chi connectivity index (χ3n) is 3.76. The molecule has 0 saturated heterocycles. The summed E-state index contributed by atoms with van der Waals surface area (Å²) in [5, 5.41) is 9.58. The third-order valence-corrected chi connectivity index (χ3v) is 4.29. The molecule has 88 valence electrons. The second-order valence-corrected chi connectivity index (χ2v) is 5.64. The lowest BCUT2D eigenvalue weighted by Gasteiger charge is -2.38. The fourth-order valence-electron chi connectivity index (χ4n) is 2.57. The Morgan fingerprint density at radius 2 is 1.81 bits per heavy atom. The summed E-state index contributed by atoms with van der Waals surface area (Å²) in [6, 6.07) is 8.43. The molecule has 1 aromatic rings. The third kappa shape index (κ3) is 2.31. The molecule has 0 heterocycles. The lowest BCUT2D eigenvalue weighted by Crippen LogP contribution is -2.40. The molecule has 3 N–H and O–H groups in total. The number of rotatable bonds is 2. The van der Waals surface area contributed by atoms with Gasteiger partial charge in [-0.15, -0.1) is 0 Å². The number of aliphatic hydroxyl groups is 1. The molecule has 0 bridgehead atoms. The van der Waals surface area contributed by atoms with Gasteiger partial charge in [0.1, 0.15) is 0 Å². The van der Waals surface area contributed by atoms with Gasteiger partial charge in [0.25, 0.3) is 0 Å². The summed E-state index contributed by atoms with van der Waals surface area (Å²) in [5.41, 5.74) is 7.35. The minimum absolute atomic E-state index is 0.0833. The molecule has 1 saturated carbocycles. The van der Waals surface area contributed by atoms with Gasteiger partial charge in [-0.2, -0.15) is 0 Å². The van der Waals surface area contributed by atoms with Gasteiger partial charge in [-0.1, -0.05) is 28.1 Å². The molecular formula is C13H18BrNO. The maximum atomic E-state index is 9.58. The van der Waals surface area contributed by atoms with Crippen LogP contribution in [0.15, 0.2) is 28.7 Å². The largest absolute Gasteiger partial charge is 0.393 e. The summed E-state index contributed by atoms with van der Waals surface area (Å²) in [5.74, 6) is 0. The van der Waals surface area contributed by atoms with Gasteiger partial charge < -0.3 is 10.8 Å². The highest BCUT2D eigenvalue weighted by atomic mass is 79.9. The topological polar surface area (TPSA) is 46.2 Å². The van der Waals surface area contributed by atoms with Crippen molar-refractivity contribution in [2.45, 2.75) is 37.2 Å². The first-order chi connectivity index (χ1) is 7.66. The van der Waals surface area contributed by atoms with Crippen molar-refractivity contribution >= 4 is 15.9 Å². The summed E-state index contributed by atoms with van der Waals surface area (Å²) >= 11 is 3.45. The Morgan fingerprint density at radius 1 is 1.25 bits per heavy atom. The normalized spacial score (nSPS) is 30.3. The molecular weight excluding hydrogens is 266 g/mol. The van der Waals surface area contributed by atoms with Crippen molar-refractivity contribution in [3.63, 3.8) is 0 Å². The van der Waals surface area contributed by atoms with E-state index in [9.17, 15) is 5.11 Å². The van der Waals surface area contributed by atoms with E-state index >= 15 is 0 Å². The molecule has 0 unspecified atom stereocenters. The van der Waals surface area contributed by atoms with Gasteiger partial charge in [0.2, 0.25) is 0 Å². The average Bonchev–Trinajstić information content (AvgIpc) is 2.32. The number of halogens is 1. The molecule has 3 heteroatoms. The highest BCUT2D eigenvalue weighted by Crippen LogP contribution is 2.38. The molecule has 16 heavy (non-hydrogen) atoms. The summed E-state index contributed by atoms with van der Waals surface area (Å²) in [4.78, 5) is 0. The molecule has 0 aliphatic heterocycles. The molecule has 1 aliphatic rings. The Hall–Kier alpha value is -0.380. The van der Waals surface area contributed by atoms with Crippen LogP contribution >= 0.6 is 15.9 Å². The van der Waals surface area contributed by atoms with Gasteiger partial charge in [-0.05, 0) is 43.4 Å². The minimum Gasteiger partial charge on any atom is -0.393 e. The molecule has 0 amide bonds. The first kappa shape index (κ1) is 12.1. The molecule has 0 aromatic heterocycles. The molecule has 0 radical (unpaired) electrons. The van der Waals surface area contributed by atoms with E-state index < -0.39 is 0 Å². The van der Waals surface area contributed by atoms with Crippen LogP contribution in [0.5, 0.6) is 0 Å². The lowest BCUT2D eigenvalue weighted by atomic mass is 9.69. The smallest absolute Gasteiger partial charge is 0.0541 e. The zero-order valence-electron chi connectivity index (χ0n) is 9.32. The van der Waals surface area contributed by atoms with Crippen LogP contribution < -0.4 is 5.73 Å².